The van der Waals surface area contributed by atoms with Gasteiger partial charge < -0.3 is 0 Å². The normalized spacial score (nSPS) is 12.4. The first-order valence-electron chi connectivity index (χ1n) is 8.36. The second kappa shape index (κ2) is 18.6. The third-order valence-electron chi connectivity index (χ3n) is 3.04. The lowest BCUT2D eigenvalue weighted by Gasteiger charge is -1.90. The van der Waals surface area contributed by atoms with Crippen molar-refractivity contribution in [2.75, 3.05) is 0 Å². The van der Waals surface area contributed by atoms with Crippen LogP contribution in [0.3, 0.4) is 0 Å². The van der Waals surface area contributed by atoms with Crippen molar-refractivity contribution in [2.45, 2.75) is 71.1 Å². The van der Waals surface area contributed by atoms with Gasteiger partial charge in [-0.05, 0) is 51.4 Å². The third-order valence-corrected chi connectivity index (χ3v) is 3.04. The predicted molar refractivity (Wildman–Crippen MR) is 94.1 cm³/mol. The van der Waals surface area contributed by atoms with E-state index < -0.39 is 0 Å². The Labute approximate surface area is 131 Å². The molecule has 0 unspecified atom stereocenters. The van der Waals surface area contributed by atoms with Crippen LogP contribution in [0.5, 0.6) is 0 Å². The van der Waals surface area contributed by atoms with Crippen molar-refractivity contribution >= 4 is 6.29 Å². The maximum Gasteiger partial charge on any atom is 0.198 e. The van der Waals surface area contributed by atoms with E-state index in [0.29, 0.717) is 6.42 Å². The van der Waals surface area contributed by atoms with Gasteiger partial charge in [0, 0.05) is 6.42 Å². The van der Waals surface area contributed by atoms with Gasteiger partial charge in [0.1, 0.15) is 0 Å². The summed E-state index contributed by atoms with van der Waals surface area (Å²) in [6.07, 6.45) is 30.3. The quantitative estimate of drug-likeness (QED) is 0.273. The van der Waals surface area contributed by atoms with E-state index >= 15 is 0 Å². The Kier molecular flexibility index (Phi) is 17.4. The molecule has 1 nitrogen and oxygen atoms in total. The van der Waals surface area contributed by atoms with Crippen molar-refractivity contribution in [3.63, 3.8) is 0 Å². The lowest BCUT2D eigenvalue weighted by Crippen LogP contribution is -1.71. The number of rotatable bonds is 14. The second-order valence-corrected chi connectivity index (χ2v) is 5.09. The summed E-state index contributed by atoms with van der Waals surface area (Å²) in [5.41, 5.74) is 0. The van der Waals surface area contributed by atoms with Crippen molar-refractivity contribution in [3.8, 4) is 0 Å². The molecule has 0 atom stereocenters. The number of hydrogen-bond donors (Lipinski definition) is 0. The highest BCUT2D eigenvalue weighted by Crippen LogP contribution is 2.01. The van der Waals surface area contributed by atoms with E-state index in [9.17, 15) is 4.79 Å². The molecule has 0 saturated heterocycles. The third kappa shape index (κ3) is 18.6. The van der Waals surface area contributed by atoms with Gasteiger partial charge in [0.25, 0.3) is 0 Å². The Morgan fingerprint density at radius 1 is 0.571 bits per heavy atom. The zero-order valence-corrected chi connectivity index (χ0v) is 13.6. The highest BCUT2D eigenvalue weighted by atomic mass is 16.1. The van der Waals surface area contributed by atoms with Crippen LogP contribution in [0.2, 0.25) is 0 Å². The van der Waals surface area contributed by atoms with Crippen LogP contribution in [0.15, 0.2) is 48.6 Å². The van der Waals surface area contributed by atoms with Crippen LogP contribution < -0.4 is 0 Å². The Hall–Kier alpha value is -1.37. The SMILES string of the molecule is CCC/C=C/CC/C=C/CC/C=C/CC/C=C/CC[C]=O. The van der Waals surface area contributed by atoms with E-state index in [-0.39, 0.29) is 0 Å². The van der Waals surface area contributed by atoms with Crippen LogP contribution in [-0.2, 0) is 4.79 Å². The first kappa shape index (κ1) is 19.6. The summed E-state index contributed by atoms with van der Waals surface area (Å²) in [6.45, 7) is 2.21. The summed E-state index contributed by atoms with van der Waals surface area (Å²) >= 11 is 0. The highest BCUT2D eigenvalue weighted by molar-refractivity contribution is 5.50. The van der Waals surface area contributed by atoms with Gasteiger partial charge in [-0.3, -0.25) is 4.79 Å². The van der Waals surface area contributed by atoms with Crippen molar-refractivity contribution in [3.05, 3.63) is 48.6 Å². The molecule has 0 spiro atoms. The summed E-state index contributed by atoms with van der Waals surface area (Å²) in [5.74, 6) is 0. The van der Waals surface area contributed by atoms with Gasteiger partial charge in [-0.1, -0.05) is 62.0 Å². The summed E-state index contributed by atoms with van der Waals surface area (Å²) in [7, 11) is 0. The lowest BCUT2D eigenvalue weighted by atomic mass is 10.2. The fourth-order valence-corrected chi connectivity index (χ4v) is 1.83. The van der Waals surface area contributed by atoms with E-state index in [1.807, 2.05) is 6.29 Å². The van der Waals surface area contributed by atoms with E-state index in [0.717, 1.165) is 38.5 Å². The van der Waals surface area contributed by atoms with Crippen LogP contribution in [-0.4, -0.2) is 6.29 Å². The number of allylic oxidation sites excluding steroid dienone is 8. The molecule has 1 radical (unpaired) electrons. The average Bonchev–Trinajstić information content (AvgIpc) is 2.50. The van der Waals surface area contributed by atoms with Crippen LogP contribution in [0.1, 0.15) is 71.1 Å². The van der Waals surface area contributed by atoms with Crippen LogP contribution >= 0.6 is 0 Å². The molecule has 117 valence electrons. The van der Waals surface area contributed by atoms with Crippen LogP contribution in [0.4, 0.5) is 0 Å². The summed E-state index contributed by atoms with van der Waals surface area (Å²) in [6, 6.07) is 0. The molecule has 0 aromatic rings. The Balaban J connectivity index is 3.31. The molecule has 21 heavy (non-hydrogen) atoms. The molecule has 0 aliphatic carbocycles. The largest absolute Gasteiger partial charge is 0.291 e. The molecule has 0 aliphatic rings. The van der Waals surface area contributed by atoms with Gasteiger partial charge in [0.15, 0.2) is 6.29 Å². The summed E-state index contributed by atoms with van der Waals surface area (Å²) < 4.78 is 0. The average molecular weight is 287 g/mol. The molecule has 0 rings (SSSR count). The first-order valence-corrected chi connectivity index (χ1v) is 8.36. The number of unbranched alkanes of at least 4 members (excludes halogenated alkanes) is 5. The molecular formula is C20H31O. The minimum atomic E-state index is 0.521. The smallest absolute Gasteiger partial charge is 0.198 e. The van der Waals surface area contributed by atoms with Crippen molar-refractivity contribution < 1.29 is 4.79 Å². The maximum absolute atomic E-state index is 9.99. The van der Waals surface area contributed by atoms with Gasteiger partial charge in [0.05, 0.1) is 0 Å². The highest BCUT2D eigenvalue weighted by Gasteiger charge is 1.81. The van der Waals surface area contributed by atoms with Crippen LogP contribution in [0, 0.1) is 0 Å². The predicted octanol–water partition coefficient (Wildman–Crippen LogP) is 6.24. The fraction of sp³-hybridized carbons (Fsp3) is 0.550. The summed E-state index contributed by atoms with van der Waals surface area (Å²) in [5, 5.41) is 0. The Morgan fingerprint density at radius 3 is 1.24 bits per heavy atom. The van der Waals surface area contributed by atoms with E-state index in [4.69, 9.17) is 0 Å². The van der Waals surface area contributed by atoms with Gasteiger partial charge >= 0.3 is 0 Å². The molecule has 0 bridgehead atoms. The monoisotopic (exact) mass is 287 g/mol. The topological polar surface area (TPSA) is 17.1 Å². The van der Waals surface area contributed by atoms with E-state index in [1.165, 1.54) is 19.3 Å². The van der Waals surface area contributed by atoms with E-state index in [1.54, 1.807) is 0 Å². The molecule has 0 aliphatic heterocycles. The zero-order valence-electron chi connectivity index (χ0n) is 13.6. The fourth-order valence-electron chi connectivity index (χ4n) is 1.83. The minimum Gasteiger partial charge on any atom is -0.291 e. The van der Waals surface area contributed by atoms with Crippen molar-refractivity contribution in [2.24, 2.45) is 0 Å². The van der Waals surface area contributed by atoms with Crippen molar-refractivity contribution in [1.29, 1.82) is 0 Å². The maximum atomic E-state index is 9.99. The zero-order chi connectivity index (χ0) is 15.4. The molecule has 0 amide bonds. The van der Waals surface area contributed by atoms with Gasteiger partial charge in [-0.2, -0.15) is 0 Å². The number of hydrogen-bond acceptors (Lipinski definition) is 1. The van der Waals surface area contributed by atoms with Crippen LogP contribution in [0.25, 0.3) is 0 Å². The molecule has 0 heterocycles. The molecule has 0 aromatic carbocycles. The van der Waals surface area contributed by atoms with Crippen molar-refractivity contribution in [1.82, 2.24) is 0 Å². The molecule has 1 heteroatoms. The lowest BCUT2D eigenvalue weighted by molar-refractivity contribution is 0.551. The Bertz CT molecular complexity index is 321. The van der Waals surface area contributed by atoms with Gasteiger partial charge in [-0.25, -0.2) is 0 Å². The Morgan fingerprint density at radius 2 is 0.905 bits per heavy atom. The molecule has 0 N–H and O–H groups in total. The van der Waals surface area contributed by atoms with E-state index in [2.05, 4.69) is 55.5 Å². The second-order valence-electron chi connectivity index (χ2n) is 5.09. The molecule has 0 aromatic heterocycles. The first-order chi connectivity index (χ1) is 10.4. The molecule has 0 saturated carbocycles. The molecule has 0 fully saturated rings. The minimum absolute atomic E-state index is 0.521. The summed E-state index contributed by atoms with van der Waals surface area (Å²) in [4.78, 5) is 9.99. The number of carbonyl (C=O) groups excluding carboxylic acids is 1. The van der Waals surface area contributed by atoms with Gasteiger partial charge in [0.2, 0.25) is 0 Å². The molecular weight excluding hydrogens is 256 g/mol. The van der Waals surface area contributed by atoms with Gasteiger partial charge in [-0.15, -0.1) is 0 Å². The standard InChI is InChI=1S/C20H31O/c1-2-3-4-5-6-7-8-9-10-11-12-13-14-15-16-17-18-19-20-21/h4-5,8-9,12-13,16-17H,2-3,6-7,10-11,14-15,18-19H2,1H3/b5-4+,9-8+,13-12+,17-16+.